The zero-order valence-corrected chi connectivity index (χ0v) is 12.3. The van der Waals surface area contributed by atoms with E-state index in [4.69, 9.17) is 9.47 Å². The Labute approximate surface area is 123 Å². The first-order valence-corrected chi connectivity index (χ1v) is 6.45. The zero-order chi connectivity index (χ0) is 15.2. The van der Waals surface area contributed by atoms with Gasteiger partial charge in [-0.05, 0) is 22.2 Å². The van der Waals surface area contributed by atoms with Gasteiger partial charge in [-0.25, -0.2) is 4.68 Å². The van der Waals surface area contributed by atoms with E-state index in [-0.39, 0.29) is 6.54 Å². The Morgan fingerprint density at radius 3 is 2.48 bits per heavy atom. The average Bonchev–Trinajstić information content (AvgIpc) is 2.93. The van der Waals surface area contributed by atoms with Crippen molar-refractivity contribution < 1.29 is 19.0 Å². The zero-order valence-electron chi connectivity index (χ0n) is 11.5. The molecule has 2 heterocycles. The predicted molar refractivity (Wildman–Crippen MR) is 69.1 cm³/mol. The second kappa shape index (κ2) is 6.83. The molecule has 2 rings (SSSR count). The van der Waals surface area contributed by atoms with Gasteiger partial charge in [-0.15, -0.1) is 5.10 Å². The fourth-order valence-corrected chi connectivity index (χ4v) is 1.99. The number of ether oxygens (including phenoxy) is 3. The van der Waals surface area contributed by atoms with Gasteiger partial charge in [0.05, 0.1) is 27.4 Å². The van der Waals surface area contributed by atoms with Crippen LogP contribution in [0.2, 0.25) is 0 Å². The molecular weight excluding hydrogens is 300 g/mol. The maximum Gasteiger partial charge on any atom is 0.327 e. The molecule has 0 unspecified atom stereocenters. The van der Waals surface area contributed by atoms with Gasteiger partial charge in [-0.3, -0.25) is 4.79 Å². The van der Waals surface area contributed by atoms with E-state index in [9.17, 15) is 4.79 Å². The summed E-state index contributed by atoms with van der Waals surface area (Å²) in [7, 11) is 4.25. The number of aromatic nitrogens is 6. The van der Waals surface area contributed by atoms with Crippen molar-refractivity contribution in [3.05, 3.63) is 6.07 Å². The normalized spacial score (nSPS) is 10.2. The van der Waals surface area contributed by atoms with Crippen LogP contribution in [-0.4, -0.2) is 57.5 Å². The van der Waals surface area contributed by atoms with Crippen molar-refractivity contribution in [1.29, 1.82) is 0 Å². The molecule has 0 aliphatic carbocycles. The van der Waals surface area contributed by atoms with Crippen LogP contribution in [0.4, 0.5) is 0 Å². The SMILES string of the molecule is COC(=O)Cn1nnnc1Sc1nc(OC)cc(OC)n1. The Hall–Kier alpha value is -2.43. The maximum atomic E-state index is 11.3. The number of carbonyl (C=O) groups is 1. The second-order valence-electron chi connectivity index (χ2n) is 3.53. The first-order chi connectivity index (χ1) is 10.2. The van der Waals surface area contributed by atoms with Crippen LogP contribution in [0.1, 0.15) is 0 Å². The maximum absolute atomic E-state index is 11.3. The minimum Gasteiger partial charge on any atom is -0.481 e. The third-order valence-electron chi connectivity index (χ3n) is 2.27. The Morgan fingerprint density at radius 2 is 1.90 bits per heavy atom. The molecule has 0 bridgehead atoms. The standard InChI is InChI=1S/C10H12N6O4S/c1-18-6-4-7(19-2)12-9(11-6)21-10-13-14-15-16(10)5-8(17)20-3/h4H,5H2,1-3H3. The van der Waals surface area contributed by atoms with E-state index in [0.29, 0.717) is 22.1 Å². The molecule has 0 aliphatic rings. The monoisotopic (exact) mass is 312 g/mol. The molecule has 0 fully saturated rings. The van der Waals surface area contributed by atoms with E-state index in [1.54, 1.807) is 6.07 Å². The van der Waals surface area contributed by atoms with Crippen LogP contribution >= 0.6 is 11.8 Å². The summed E-state index contributed by atoms with van der Waals surface area (Å²) in [4.78, 5) is 19.5. The molecule has 112 valence electrons. The van der Waals surface area contributed by atoms with E-state index >= 15 is 0 Å². The number of hydrogen-bond donors (Lipinski definition) is 0. The molecule has 2 aromatic heterocycles. The van der Waals surface area contributed by atoms with Gasteiger partial charge in [0.25, 0.3) is 0 Å². The number of esters is 1. The molecule has 2 aromatic rings. The quantitative estimate of drug-likeness (QED) is 0.524. The highest BCUT2D eigenvalue weighted by atomic mass is 32.2. The van der Waals surface area contributed by atoms with Crippen molar-refractivity contribution in [3.63, 3.8) is 0 Å². The van der Waals surface area contributed by atoms with Crippen LogP contribution in [-0.2, 0) is 16.1 Å². The fraction of sp³-hybridized carbons (Fsp3) is 0.400. The number of hydrogen-bond acceptors (Lipinski definition) is 10. The van der Waals surface area contributed by atoms with Crippen molar-refractivity contribution in [2.75, 3.05) is 21.3 Å². The summed E-state index contributed by atoms with van der Waals surface area (Å²) in [5.41, 5.74) is 0. The third kappa shape index (κ3) is 3.78. The number of rotatable bonds is 6. The molecule has 0 N–H and O–H groups in total. The van der Waals surface area contributed by atoms with Crippen molar-refractivity contribution >= 4 is 17.7 Å². The number of carbonyl (C=O) groups excluding carboxylic acids is 1. The van der Waals surface area contributed by atoms with Crippen molar-refractivity contribution in [3.8, 4) is 11.8 Å². The molecule has 0 amide bonds. The van der Waals surface area contributed by atoms with Crippen LogP contribution in [0, 0.1) is 0 Å². The Bertz CT molecular complexity index is 612. The highest BCUT2D eigenvalue weighted by Crippen LogP contribution is 2.26. The first-order valence-electron chi connectivity index (χ1n) is 5.64. The first kappa shape index (κ1) is 15.0. The number of methoxy groups -OCH3 is 3. The molecule has 0 radical (unpaired) electrons. The van der Waals surface area contributed by atoms with Gasteiger partial charge in [0.2, 0.25) is 22.1 Å². The lowest BCUT2D eigenvalue weighted by Crippen LogP contribution is -2.13. The van der Waals surface area contributed by atoms with Gasteiger partial charge in [0.1, 0.15) is 6.54 Å². The smallest absolute Gasteiger partial charge is 0.327 e. The van der Waals surface area contributed by atoms with E-state index < -0.39 is 5.97 Å². The highest BCUT2D eigenvalue weighted by Gasteiger charge is 2.15. The lowest BCUT2D eigenvalue weighted by atomic mass is 10.6. The molecule has 21 heavy (non-hydrogen) atoms. The van der Waals surface area contributed by atoms with Crippen molar-refractivity contribution in [2.24, 2.45) is 0 Å². The molecular formula is C10H12N6O4S. The summed E-state index contributed by atoms with van der Waals surface area (Å²) in [6, 6.07) is 1.54. The highest BCUT2D eigenvalue weighted by molar-refractivity contribution is 7.99. The van der Waals surface area contributed by atoms with Gasteiger partial charge in [0, 0.05) is 0 Å². The summed E-state index contributed by atoms with van der Waals surface area (Å²) in [6.07, 6.45) is 0. The van der Waals surface area contributed by atoms with Crippen LogP contribution in [0.5, 0.6) is 11.8 Å². The van der Waals surface area contributed by atoms with Gasteiger partial charge in [-0.2, -0.15) is 9.97 Å². The summed E-state index contributed by atoms with van der Waals surface area (Å²) < 4.78 is 16.0. The lowest BCUT2D eigenvalue weighted by Gasteiger charge is -2.05. The van der Waals surface area contributed by atoms with Crippen LogP contribution in [0.25, 0.3) is 0 Å². The Balaban J connectivity index is 2.22. The average molecular weight is 312 g/mol. The number of tetrazole rings is 1. The van der Waals surface area contributed by atoms with E-state index in [1.165, 1.54) is 26.0 Å². The van der Waals surface area contributed by atoms with Crippen LogP contribution in [0.15, 0.2) is 16.4 Å². The second-order valence-corrected chi connectivity index (χ2v) is 4.47. The molecule has 0 saturated carbocycles. The molecule has 10 nitrogen and oxygen atoms in total. The largest absolute Gasteiger partial charge is 0.481 e. The topological polar surface area (TPSA) is 114 Å². The Kier molecular flexibility index (Phi) is 4.87. The summed E-state index contributed by atoms with van der Waals surface area (Å²) in [6.45, 7) is -0.104. The predicted octanol–water partition coefficient (Wildman–Crippen LogP) is -0.196. The van der Waals surface area contributed by atoms with Crippen molar-refractivity contribution in [2.45, 2.75) is 16.9 Å². The Morgan fingerprint density at radius 1 is 1.24 bits per heavy atom. The molecule has 0 aromatic carbocycles. The van der Waals surface area contributed by atoms with Gasteiger partial charge < -0.3 is 14.2 Å². The van der Waals surface area contributed by atoms with Gasteiger partial charge in [-0.1, -0.05) is 0 Å². The van der Waals surface area contributed by atoms with Gasteiger partial charge >= 0.3 is 5.97 Å². The summed E-state index contributed by atoms with van der Waals surface area (Å²) >= 11 is 1.07. The molecule has 0 atom stereocenters. The molecule has 0 saturated heterocycles. The number of nitrogens with zero attached hydrogens (tertiary/aromatic N) is 6. The van der Waals surface area contributed by atoms with Crippen molar-refractivity contribution in [1.82, 2.24) is 30.2 Å². The third-order valence-corrected chi connectivity index (χ3v) is 3.11. The molecule has 0 spiro atoms. The van der Waals surface area contributed by atoms with E-state index in [1.807, 2.05) is 0 Å². The fourth-order valence-electron chi connectivity index (χ4n) is 1.28. The molecule has 0 aliphatic heterocycles. The van der Waals surface area contributed by atoms with E-state index in [0.717, 1.165) is 11.8 Å². The summed E-state index contributed by atoms with van der Waals surface area (Å²) in [5.74, 6) is 0.223. The van der Waals surface area contributed by atoms with Gasteiger partial charge in [0.15, 0.2) is 0 Å². The molecule has 11 heteroatoms. The summed E-state index contributed by atoms with van der Waals surface area (Å²) in [5, 5.41) is 11.7. The van der Waals surface area contributed by atoms with Crippen LogP contribution in [0.3, 0.4) is 0 Å². The lowest BCUT2D eigenvalue weighted by molar-refractivity contribution is -0.141. The minimum atomic E-state index is -0.465. The van der Waals surface area contributed by atoms with Crippen LogP contribution < -0.4 is 9.47 Å². The minimum absolute atomic E-state index is 0.104. The van der Waals surface area contributed by atoms with E-state index in [2.05, 4.69) is 30.2 Å².